The van der Waals surface area contributed by atoms with Gasteiger partial charge in [0.1, 0.15) is 5.75 Å². The fraction of sp³-hybridized carbons (Fsp3) is 0.611. The number of carbonyl (C=O) groups excluding carboxylic acids is 1. The first-order valence-corrected chi connectivity index (χ1v) is 8.63. The summed E-state index contributed by atoms with van der Waals surface area (Å²) >= 11 is 0. The molecule has 23 heavy (non-hydrogen) atoms. The fourth-order valence-electron chi connectivity index (χ4n) is 2.65. The number of nitrogens with zero attached hydrogens (tertiary/aromatic N) is 1. The molecule has 0 unspecified atom stereocenters. The van der Waals surface area contributed by atoms with Gasteiger partial charge in [0.2, 0.25) is 0 Å². The van der Waals surface area contributed by atoms with E-state index in [4.69, 9.17) is 4.74 Å². The highest BCUT2D eigenvalue weighted by Gasteiger charge is 2.17. The maximum Gasteiger partial charge on any atom is 0.319 e. The summed E-state index contributed by atoms with van der Waals surface area (Å²) in [6, 6.07) is 7.39. The van der Waals surface area contributed by atoms with E-state index < -0.39 is 0 Å². The summed E-state index contributed by atoms with van der Waals surface area (Å²) in [6.07, 6.45) is 4.48. The van der Waals surface area contributed by atoms with Crippen LogP contribution >= 0.6 is 0 Å². The van der Waals surface area contributed by atoms with Gasteiger partial charge < -0.3 is 20.3 Å². The van der Waals surface area contributed by atoms with Gasteiger partial charge in [0, 0.05) is 12.2 Å². The third-order valence-corrected chi connectivity index (χ3v) is 4.27. The minimum atomic E-state index is -0.136. The lowest BCUT2D eigenvalue weighted by Crippen LogP contribution is -2.38. The summed E-state index contributed by atoms with van der Waals surface area (Å²) in [6.45, 7) is 5.86. The van der Waals surface area contributed by atoms with Crippen LogP contribution in [0.25, 0.3) is 0 Å². The number of piperidine rings is 1. The number of hydrogen-bond acceptors (Lipinski definition) is 3. The van der Waals surface area contributed by atoms with Crippen molar-refractivity contribution in [2.75, 3.05) is 38.6 Å². The summed E-state index contributed by atoms with van der Waals surface area (Å²) in [5.41, 5.74) is 0.786. The summed E-state index contributed by atoms with van der Waals surface area (Å²) in [5.74, 6) is 1.43. The van der Waals surface area contributed by atoms with E-state index >= 15 is 0 Å². The molecule has 0 bridgehead atoms. The molecule has 2 rings (SSSR count). The Bertz CT molecular complexity index is 468. The maximum absolute atomic E-state index is 12.0. The number of carbonyl (C=O) groups is 1. The van der Waals surface area contributed by atoms with E-state index in [9.17, 15) is 4.79 Å². The van der Waals surface area contributed by atoms with Crippen LogP contribution in [0.3, 0.4) is 0 Å². The molecule has 1 aliphatic heterocycles. The number of nitrogens with one attached hydrogen (secondary N) is 2. The molecule has 0 spiro atoms. The number of ether oxygens (including phenoxy) is 1. The lowest BCUT2D eigenvalue weighted by atomic mass is 9.97. The molecule has 5 nitrogen and oxygen atoms in total. The van der Waals surface area contributed by atoms with Gasteiger partial charge in [-0.1, -0.05) is 13.3 Å². The molecular formula is C18H29N3O2. The van der Waals surface area contributed by atoms with Crippen LogP contribution in [0.5, 0.6) is 5.75 Å². The Balaban J connectivity index is 1.68. The standard InChI is InChI=1S/C18H29N3O2/c1-3-4-13-23-17-7-5-16(6-8-17)20-18(22)19-14-15-9-11-21(2)12-10-15/h5-8,15H,3-4,9-14H2,1-2H3,(H2,19,20,22). The second kappa shape index (κ2) is 9.40. The molecule has 5 heteroatoms. The number of urea groups is 1. The van der Waals surface area contributed by atoms with Gasteiger partial charge in [-0.2, -0.15) is 0 Å². The third-order valence-electron chi connectivity index (χ3n) is 4.27. The Morgan fingerprint density at radius 2 is 1.96 bits per heavy atom. The van der Waals surface area contributed by atoms with Gasteiger partial charge in [0.05, 0.1) is 6.61 Å². The van der Waals surface area contributed by atoms with E-state index in [0.717, 1.165) is 63.4 Å². The van der Waals surface area contributed by atoms with Crippen molar-refractivity contribution in [3.05, 3.63) is 24.3 Å². The summed E-state index contributed by atoms with van der Waals surface area (Å²) in [4.78, 5) is 14.3. The first-order chi connectivity index (χ1) is 11.2. The smallest absolute Gasteiger partial charge is 0.319 e. The Kier molecular flexibility index (Phi) is 7.20. The molecule has 128 valence electrons. The zero-order chi connectivity index (χ0) is 16.5. The van der Waals surface area contributed by atoms with Crippen molar-refractivity contribution in [1.29, 1.82) is 0 Å². The van der Waals surface area contributed by atoms with Gasteiger partial charge in [-0.05, 0) is 69.6 Å². The van der Waals surface area contributed by atoms with Crippen LogP contribution in [0.4, 0.5) is 10.5 Å². The molecule has 0 aliphatic carbocycles. The molecule has 2 amide bonds. The van der Waals surface area contributed by atoms with Crippen LogP contribution in [-0.4, -0.2) is 44.2 Å². The van der Waals surface area contributed by atoms with E-state index in [1.165, 1.54) is 0 Å². The summed E-state index contributed by atoms with van der Waals surface area (Å²) in [5, 5.41) is 5.84. The molecule has 1 aromatic rings. The van der Waals surface area contributed by atoms with Crippen molar-refractivity contribution >= 4 is 11.7 Å². The van der Waals surface area contributed by atoms with Crippen LogP contribution in [0.2, 0.25) is 0 Å². The zero-order valence-electron chi connectivity index (χ0n) is 14.3. The van der Waals surface area contributed by atoms with Crippen LogP contribution in [0, 0.1) is 5.92 Å². The highest BCUT2D eigenvalue weighted by Crippen LogP contribution is 2.17. The lowest BCUT2D eigenvalue weighted by Gasteiger charge is -2.28. The first kappa shape index (κ1) is 17.6. The largest absolute Gasteiger partial charge is 0.494 e. The maximum atomic E-state index is 12.0. The number of hydrogen-bond donors (Lipinski definition) is 2. The van der Waals surface area contributed by atoms with Gasteiger partial charge in [0.15, 0.2) is 0 Å². The number of anilines is 1. The molecule has 1 saturated heterocycles. The number of benzene rings is 1. The monoisotopic (exact) mass is 319 g/mol. The van der Waals surface area contributed by atoms with Crippen LogP contribution < -0.4 is 15.4 Å². The predicted octanol–water partition coefficient (Wildman–Crippen LogP) is 3.33. The van der Waals surface area contributed by atoms with Crippen LogP contribution in [0.15, 0.2) is 24.3 Å². The van der Waals surface area contributed by atoms with Gasteiger partial charge in [-0.25, -0.2) is 4.79 Å². The normalized spacial score (nSPS) is 16.1. The second-order valence-electron chi connectivity index (χ2n) is 6.31. The van der Waals surface area contributed by atoms with E-state index in [2.05, 4.69) is 29.5 Å². The zero-order valence-corrected chi connectivity index (χ0v) is 14.3. The van der Waals surface area contributed by atoms with Crippen molar-refractivity contribution < 1.29 is 9.53 Å². The van der Waals surface area contributed by atoms with Gasteiger partial charge >= 0.3 is 6.03 Å². The molecule has 1 aliphatic rings. The Hall–Kier alpha value is -1.75. The topological polar surface area (TPSA) is 53.6 Å². The van der Waals surface area contributed by atoms with Crippen molar-refractivity contribution in [1.82, 2.24) is 10.2 Å². The van der Waals surface area contributed by atoms with Crippen molar-refractivity contribution in [3.8, 4) is 5.75 Å². The minimum Gasteiger partial charge on any atom is -0.494 e. The predicted molar refractivity (Wildman–Crippen MR) is 94.1 cm³/mol. The molecule has 1 heterocycles. The Labute approximate surface area is 139 Å². The SMILES string of the molecule is CCCCOc1ccc(NC(=O)NCC2CCN(C)CC2)cc1. The molecule has 1 fully saturated rings. The highest BCUT2D eigenvalue weighted by atomic mass is 16.5. The minimum absolute atomic E-state index is 0.136. The summed E-state index contributed by atoms with van der Waals surface area (Å²) < 4.78 is 5.61. The lowest BCUT2D eigenvalue weighted by molar-refractivity contribution is 0.213. The van der Waals surface area contributed by atoms with E-state index in [1.807, 2.05) is 24.3 Å². The molecule has 0 aromatic heterocycles. The van der Waals surface area contributed by atoms with Gasteiger partial charge in [0.25, 0.3) is 0 Å². The van der Waals surface area contributed by atoms with E-state index in [1.54, 1.807) is 0 Å². The average molecular weight is 319 g/mol. The number of unbranched alkanes of at least 4 members (excludes halogenated alkanes) is 1. The molecule has 1 aromatic carbocycles. The molecule has 0 saturated carbocycles. The fourth-order valence-corrected chi connectivity index (χ4v) is 2.65. The van der Waals surface area contributed by atoms with Crippen LogP contribution in [0.1, 0.15) is 32.6 Å². The van der Waals surface area contributed by atoms with Crippen molar-refractivity contribution in [3.63, 3.8) is 0 Å². The average Bonchev–Trinajstić information content (AvgIpc) is 2.56. The second-order valence-corrected chi connectivity index (χ2v) is 6.31. The van der Waals surface area contributed by atoms with Crippen molar-refractivity contribution in [2.24, 2.45) is 5.92 Å². The Morgan fingerprint density at radius 1 is 1.26 bits per heavy atom. The molecule has 0 radical (unpaired) electrons. The number of amides is 2. The quantitative estimate of drug-likeness (QED) is 0.758. The van der Waals surface area contributed by atoms with E-state index in [0.29, 0.717) is 5.92 Å². The molecule has 2 N–H and O–H groups in total. The third kappa shape index (κ3) is 6.48. The number of rotatable bonds is 7. The number of likely N-dealkylation sites (tertiary alicyclic amines) is 1. The van der Waals surface area contributed by atoms with Gasteiger partial charge in [-0.15, -0.1) is 0 Å². The van der Waals surface area contributed by atoms with Crippen LogP contribution in [-0.2, 0) is 0 Å². The highest BCUT2D eigenvalue weighted by molar-refractivity contribution is 5.89. The molecular weight excluding hydrogens is 290 g/mol. The van der Waals surface area contributed by atoms with Gasteiger partial charge in [-0.3, -0.25) is 0 Å². The first-order valence-electron chi connectivity index (χ1n) is 8.63. The van der Waals surface area contributed by atoms with Crippen molar-refractivity contribution in [2.45, 2.75) is 32.6 Å². The van der Waals surface area contributed by atoms with E-state index in [-0.39, 0.29) is 6.03 Å². The summed E-state index contributed by atoms with van der Waals surface area (Å²) in [7, 11) is 2.14. The molecule has 0 atom stereocenters. The Morgan fingerprint density at radius 3 is 2.61 bits per heavy atom.